The minimum atomic E-state index is -0.660. The van der Waals surface area contributed by atoms with Crippen molar-refractivity contribution in [2.24, 2.45) is 0 Å². The van der Waals surface area contributed by atoms with E-state index in [0.717, 1.165) is 0 Å². The van der Waals surface area contributed by atoms with E-state index in [9.17, 15) is 0 Å². The molecule has 0 rings (SSSR count). The molecule has 0 heterocycles. The van der Waals surface area contributed by atoms with Gasteiger partial charge >= 0.3 is 0 Å². The van der Waals surface area contributed by atoms with Gasteiger partial charge < -0.3 is 24.4 Å². The zero-order valence-electron chi connectivity index (χ0n) is 7.94. The summed E-state index contributed by atoms with van der Waals surface area (Å²) in [7, 11) is 0. The summed E-state index contributed by atoms with van der Waals surface area (Å²) in [5.41, 5.74) is 0. The van der Waals surface area contributed by atoms with Crippen LogP contribution in [0.15, 0.2) is 0 Å². The van der Waals surface area contributed by atoms with E-state index in [1.54, 1.807) is 0 Å². The van der Waals surface area contributed by atoms with Crippen LogP contribution in [0.4, 0.5) is 0 Å². The van der Waals surface area contributed by atoms with E-state index in [1.165, 1.54) is 0 Å². The molecular weight excluding hydrogens is 176 g/mol. The van der Waals surface area contributed by atoms with Gasteiger partial charge in [0, 0.05) is 6.61 Å². The molecule has 0 saturated carbocycles. The van der Waals surface area contributed by atoms with E-state index < -0.39 is 6.29 Å². The van der Waals surface area contributed by atoms with E-state index in [1.807, 2.05) is 6.92 Å². The molecule has 80 valence electrons. The Hall–Kier alpha value is -0.200. The Morgan fingerprint density at radius 2 is 1.77 bits per heavy atom. The molecule has 13 heavy (non-hydrogen) atoms. The van der Waals surface area contributed by atoms with E-state index in [2.05, 4.69) is 0 Å². The molecule has 0 bridgehead atoms. The maximum absolute atomic E-state index is 8.74. The first-order valence-corrected chi connectivity index (χ1v) is 4.37. The van der Waals surface area contributed by atoms with Crippen LogP contribution in [0, 0.1) is 0 Å². The summed E-state index contributed by atoms with van der Waals surface area (Å²) < 4.78 is 15.1. The van der Waals surface area contributed by atoms with Crippen molar-refractivity contribution in [3.8, 4) is 0 Å². The Labute approximate surface area is 78.2 Å². The summed E-state index contributed by atoms with van der Waals surface area (Å²) in [4.78, 5) is 0. The molecule has 0 aliphatic rings. The fraction of sp³-hybridized carbons (Fsp3) is 1.00. The molecule has 2 N–H and O–H groups in total. The molecule has 0 aliphatic heterocycles. The number of aliphatic hydroxyl groups excluding tert-OH is 2. The standard InChI is InChI=1S/C8H18O5/c1-2-11-5-6-13-8(7-10)12-4-3-9/h8-10H,2-7H2,1H3. The zero-order chi connectivity index (χ0) is 9.94. The summed E-state index contributed by atoms with van der Waals surface area (Å²) in [5.74, 6) is 0. The maximum atomic E-state index is 8.74. The highest BCUT2D eigenvalue weighted by atomic mass is 16.7. The lowest BCUT2D eigenvalue weighted by molar-refractivity contribution is -0.172. The molecular formula is C8H18O5. The summed E-state index contributed by atoms with van der Waals surface area (Å²) in [6, 6.07) is 0. The molecule has 5 nitrogen and oxygen atoms in total. The predicted octanol–water partition coefficient (Wildman–Crippen LogP) is -0.633. The van der Waals surface area contributed by atoms with E-state index >= 15 is 0 Å². The largest absolute Gasteiger partial charge is 0.394 e. The number of rotatable bonds is 9. The van der Waals surface area contributed by atoms with Gasteiger partial charge in [-0.25, -0.2) is 0 Å². The van der Waals surface area contributed by atoms with Crippen LogP contribution in [0.3, 0.4) is 0 Å². The quantitative estimate of drug-likeness (QED) is 0.378. The van der Waals surface area contributed by atoms with Crippen LogP contribution >= 0.6 is 0 Å². The Morgan fingerprint density at radius 1 is 1.08 bits per heavy atom. The number of aliphatic hydroxyl groups is 2. The molecule has 0 aromatic heterocycles. The smallest absolute Gasteiger partial charge is 0.180 e. The lowest BCUT2D eigenvalue weighted by atomic mass is 10.6. The minimum absolute atomic E-state index is 0.0781. The average molecular weight is 194 g/mol. The molecule has 0 saturated heterocycles. The number of ether oxygens (including phenoxy) is 3. The van der Waals surface area contributed by atoms with Crippen molar-refractivity contribution in [2.75, 3.05) is 39.6 Å². The van der Waals surface area contributed by atoms with Gasteiger partial charge in [0.05, 0.1) is 33.0 Å². The monoisotopic (exact) mass is 194 g/mol. The lowest BCUT2D eigenvalue weighted by Crippen LogP contribution is -2.24. The second-order valence-electron chi connectivity index (χ2n) is 2.27. The van der Waals surface area contributed by atoms with E-state index in [-0.39, 0.29) is 19.8 Å². The molecule has 1 unspecified atom stereocenters. The minimum Gasteiger partial charge on any atom is -0.394 e. The average Bonchev–Trinajstić information content (AvgIpc) is 2.17. The van der Waals surface area contributed by atoms with Crippen LogP contribution in [0.25, 0.3) is 0 Å². The zero-order valence-corrected chi connectivity index (χ0v) is 7.94. The number of hydrogen-bond acceptors (Lipinski definition) is 5. The molecule has 0 fully saturated rings. The van der Waals surface area contributed by atoms with Crippen molar-refractivity contribution in [1.29, 1.82) is 0 Å². The van der Waals surface area contributed by atoms with Crippen molar-refractivity contribution in [3.05, 3.63) is 0 Å². The SMILES string of the molecule is CCOCCOC(CO)OCCO. The molecule has 0 amide bonds. The number of hydrogen-bond donors (Lipinski definition) is 2. The molecule has 0 aromatic carbocycles. The normalized spacial score (nSPS) is 13.2. The van der Waals surface area contributed by atoms with Gasteiger partial charge in [0.15, 0.2) is 6.29 Å². The summed E-state index contributed by atoms with van der Waals surface area (Å²) in [6.45, 7) is 3.27. The molecule has 5 heteroatoms. The summed E-state index contributed by atoms with van der Waals surface area (Å²) in [5, 5.41) is 17.2. The first kappa shape index (κ1) is 12.8. The highest BCUT2D eigenvalue weighted by molar-refractivity contribution is 4.40. The Kier molecular flexibility index (Phi) is 9.73. The fourth-order valence-corrected chi connectivity index (χ4v) is 0.720. The first-order chi connectivity index (χ1) is 6.35. The van der Waals surface area contributed by atoms with Crippen LogP contribution in [0.5, 0.6) is 0 Å². The Morgan fingerprint density at radius 3 is 2.31 bits per heavy atom. The van der Waals surface area contributed by atoms with E-state index in [4.69, 9.17) is 24.4 Å². The second-order valence-corrected chi connectivity index (χ2v) is 2.27. The summed E-state index contributed by atoms with van der Waals surface area (Å²) >= 11 is 0. The highest BCUT2D eigenvalue weighted by Crippen LogP contribution is 1.93. The fourth-order valence-electron chi connectivity index (χ4n) is 0.720. The van der Waals surface area contributed by atoms with Gasteiger partial charge in [0.25, 0.3) is 0 Å². The van der Waals surface area contributed by atoms with Gasteiger partial charge in [-0.1, -0.05) is 0 Å². The van der Waals surface area contributed by atoms with Crippen molar-refractivity contribution >= 4 is 0 Å². The van der Waals surface area contributed by atoms with Crippen molar-refractivity contribution in [1.82, 2.24) is 0 Å². The lowest BCUT2D eigenvalue weighted by Gasteiger charge is -2.15. The van der Waals surface area contributed by atoms with Gasteiger partial charge in [-0.05, 0) is 6.92 Å². The molecule has 0 spiro atoms. The van der Waals surface area contributed by atoms with Crippen LogP contribution in [-0.4, -0.2) is 56.1 Å². The van der Waals surface area contributed by atoms with Crippen molar-refractivity contribution in [3.63, 3.8) is 0 Å². The maximum Gasteiger partial charge on any atom is 0.180 e. The van der Waals surface area contributed by atoms with Crippen molar-refractivity contribution in [2.45, 2.75) is 13.2 Å². The van der Waals surface area contributed by atoms with Crippen LogP contribution < -0.4 is 0 Å². The van der Waals surface area contributed by atoms with Crippen LogP contribution in [0.2, 0.25) is 0 Å². The Balaban J connectivity index is 3.25. The van der Waals surface area contributed by atoms with E-state index in [0.29, 0.717) is 19.8 Å². The third-order valence-corrected chi connectivity index (χ3v) is 1.28. The molecule has 0 radical (unpaired) electrons. The summed E-state index contributed by atoms with van der Waals surface area (Å²) in [6.07, 6.45) is -0.660. The van der Waals surface area contributed by atoms with Gasteiger partial charge in [0.2, 0.25) is 0 Å². The van der Waals surface area contributed by atoms with Crippen LogP contribution in [-0.2, 0) is 14.2 Å². The van der Waals surface area contributed by atoms with Gasteiger partial charge in [0.1, 0.15) is 0 Å². The topological polar surface area (TPSA) is 68.2 Å². The van der Waals surface area contributed by atoms with Crippen LogP contribution in [0.1, 0.15) is 6.92 Å². The second kappa shape index (κ2) is 9.88. The predicted molar refractivity (Wildman–Crippen MR) is 46.4 cm³/mol. The Bertz CT molecular complexity index is 98.5. The third-order valence-electron chi connectivity index (χ3n) is 1.28. The van der Waals surface area contributed by atoms with Gasteiger partial charge in [-0.3, -0.25) is 0 Å². The first-order valence-electron chi connectivity index (χ1n) is 4.37. The molecule has 0 aromatic rings. The molecule has 0 aliphatic carbocycles. The van der Waals surface area contributed by atoms with Gasteiger partial charge in [-0.15, -0.1) is 0 Å². The van der Waals surface area contributed by atoms with Crippen molar-refractivity contribution < 1.29 is 24.4 Å². The highest BCUT2D eigenvalue weighted by Gasteiger charge is 2.06. The third kappa shape index (κ3) is 8.14. The van der Waals surface area contributed by atoms with Gasteiger partial charge in [-0.2, -0.15) is 0 Å². The molecule has 1 atom stereocenters.